The summed E-state index contributed by atoms with van der Waals surface area (Å²) in [5.74, 6) is 0.549. The van der Waals surface area contributed by atoms with E-state index in [0.717, 1.165) is 29.7 Å². The molecule has 152 valence electrons. The molecule has 4 nitrogen and oxygen atoms in total. The zero-order valence-electron chi connectivity index (χ0n) is 17.4. The molecule has 4 rings (SSSR count). The number of pyridine rings is 1. The second-order valence-electron chi connectivity index (χ2n) is 7.64. The predicted molar refractivity (Wildman–Crippen MR) is 117 cm³/mol. The van der Waals surface area contributed by atoms with Crippen molar-refractivity contribution in [2.75, 3.05) is 0 Å². The molecule has 2 heterocycles. The minimum atomic E-state index is -1.22. The molecule has 0 aliphatic rings. The van der Waals surface area contributed by atoms with Gasteiger partial charge in [-0.1, -0.05) is 51.1 Å². The van der Waals surface area contributed by atoms with Crippen molar-refractivity contribution in [1.29, 1.82) is 0 Å². The summed E-state index contributed by atoms with van der Waals surface area (Å²) in [5, 5.41) is 12.4. The fourth-order valence-electron chi connectivity index (χ4n) is 3.63. The van der Waals surface area contributed by atoms with Crippen LogP contribution in [0.5, 0.6) is 0 Å². The largest absolute Gasteiger partial charge is 0.545 e. The van der Waals surface area contributed by atoms with Crippen LogP contribution in [0.25, 0.3) is 33.7 Å². The molecule has 0 fully saturated rings. The Hall–Kier alpha value is -3.40. The molecule has 4 aromatic rings. The van der Waals surface area contributed by atoms with Crippen molar-refractivity contribution >= 4 is 16.9 Å². The number of nitrogens with zero attached hydrogens (tertiary/aromatic N) is 1. The summed E-state index contributed by atoms with van der Waals surface area (Å²) < 4.78 is 6.04. The van der Waals surface area contributed by atoms with E-state index in [1.54, 1.807) is 0 Å². The van der Waals surface area contributed by atoms with Gasteiger partial charge in [0.15, 0.2) is 5.76 Å². The number of carbonyl (C=O) groups is 1. The van der Waals surface area contributed by atoms with Crippen molar-refractivity contribution in [2.24, 2.45) is 0 Å². The highest BCUT2D eigenvalue weighted by atomic mass is 16.4. The first-order valence-corrected chi connectivity index (χ1v) is 10.4. The van der Waals surface area contributed by atoms with E-state index in [9.17, 15) is 9.90 Å². The highest BCUT2D eigenvalue weighted by Gasteiger charge is 2.13. The summed E-state index contributed by atoms with van der Waals surface area (Å²) in [7, 11) is 0. The van der Waals surface area contributed by atoms with Crippen LogP contribution in [0.3, 0.4) is 0 Å². The third-order valence-electron chi connectivity index (χ3n) is 5.74. The number of rotatable bonds is 6. The van der Waals surface area contributed by atoms with Crippen LogP contribution in [0.15, 0.2) is 65.1 Å². The first-order valence-electron chi connectivity index (χ1n) is 10.4. The topological polar surface area (TPSA) is 66.2 Å². The van der Waals surface area contributed by atoms with Crippen molar-refractivity contribution in [3.8, 4) is 22.8 Å². The summed E-state index contributed by atoms with van der Waals surface area (Å²) in [4.78, 5) is 16.4. The molecule has 0 aliphatic carbocycles. The van der Waals surface area contributed by atoms with Crippen LogP contribution in [0.2, 0.25) is 0 Å². The third-order valence-corrected chi connectivity index (χ3v) is 5.74. The molecule has 0 N–H and O–H groups in total. The molecule has 0 bridgehead atoms. The third kappa shape index (κ3) is 3.73. The van der Waals surface area contributed by atoms with Crippen molar-refractivity contribution in [2.45, 2.75) is 39.5 Å². The van der Waals surface area contributed by atoms with Crippen LogP contribution in [0, 0.1) is 0 Å². The standard InChI is InChI=1S/C26H25NO3/c1-4-16(3)18-7-9-19(10-8-18)24-12-13-25(30-24)23-15-21(26(28)29)20-14-17(5-2)6-11-22(20)27-23/h6-16H,4-5H2,1-3H3,(H,28,29)/p-1. The average Bonchev–Trinajstić information content (AvgIpc) is 3.27. The number of carboxylic acid groups (broad SMARTS) is 1. The van der Waals surface area contributed by atoms with Gasteiger partial charge in [-0.25, -0.2) is 4.98 Å². The van der Waals surface area contributed by atoms with E-state index in [1.165, 1.54) is 11.6 Å². The van der Waals surface area contributed by atoms with Crippen LogP contribution in [0.1, 0.15) is 54.6 Å². The lowest BCUT2D eigenvalue weighted by Crippen LogP contribution is -2.22. The zero-order valence-corrected chi connectivity index (χ0v) is 17.4. The van der Waals surface area contributed by atoms with Gasteiger partial charge < -0.3 is 14.3 Å². The lowest BCUT2D eigenvalue weighted by molar-refractivity contribution is -0.254. The monoisotopic (exact) mass is 398 g/mol. The van der Waals surface area contributed by atoms with E-state index in [1.807, 2.05) is 37.3 Å². The Morgan fingerprint density at radius 1 is 1.00 bits per heavy atom. The molecular formula is C26H24NO3-. The maximum Gasteiger partial charge on any atom is 0.153 e. The van der Waals surface area contributed by atoms with Gasteiger partial charge in [-0.05, 0) is 60.2 Å². The van der Waals surface area contributed by atoms with Gasteiger partial charge in [-0.3, -0.25) is 0 Å². The number of aromatic carboxylic acids is 1. The molecule has 2 aromatic carbocycles. The lowest BCUT2D eigenvalue weighted by atomic mass is 9.97. The van der Waals surface area contributed by atoms with Crippen molar-refractivity contribution in [1.82, 2.24) is 4.98 Å². The Kier molecular flexibility index (Phi) is 5.40. The van der Waals surface area contributed by atoms with Gasteiger partial charge in [0.2, 0.25) is 0 Å². The Morgan fingerprint density at radius 2 is 1.73 bits per heavy atom. The van der Waals surface area contributed by atoms with E-state index >= 15 is 0 Å². The fourth-order valence-corrected chi connectivity index (χ4v) is 3.63. The fraction of sp³-hybridized carbons (Fsp3) is 0.231. The second kappa shape index (κ2) is 8.15. The first kappa shape index (κ1) is 19.9. The summed E-state index contributed by atoms with van der Waals surface area (Å²) in [6.07, 6.45) is 1.92. The number of furan rings is 1. The van der Waals surface area contributed by atoms with E-state index < -0.39 is 5.97 Å². The highest BCUT2D eigenvalue weighted by Crippen LogP contribution is 2.31. The molecule has 0 saturated heterocycles. The number of fused-ring (bicyclic) bond motifs is 1. The van der Waals surface area contributed by atoms with E-state index in [2.05, 4.69) is 43.1 Å². The second-order valence-corrected chi connectivity index (χ2v) is 7.64. The van der Waals surface area contributed by atoms with Gasteiger partial charge >= 0.3 is 0 Å². The molecular weight excluding hydrogens is 374 g/mol. The Labute approximate surface area is 176 Å². The first-order chi connectivity index (χ1) is 14.5. The lowest BCUT2D eigenvalue weighted by Gasteiger charge is -2.11. The molecule has 0 saturated carbocycles. The Balaban J connectivity index is 1.73. The molecule has 0 radical (unpaired) electrons. The maximum atomic E-state index is 11.8. The molecule has 0 spiro atoms. The smallest absolute Gasteiger partial charge is 0.153 e. The molecule has 1 unspecified atom stereocenters. The van der Waals surface area contributed by atoms with Crippen LogP contribution in [-0.2, 0) is 6.42 Å². The molecule has 0 amide bonds. The number of hydrogen-bond donors (Lipinski definition) is 0. The predicted octanol–water partition coefficient (Wildman–Crippen LogP) is 5.60. The molecule has 30 heavy (non-hydrogen) atoms. The van der Waals surface area contributed by atoms with Crippen LogP contribution in [-0.4, -0.2) is 11.0 Å². The number of hydrogen-bond acceptors (Lipinski definition) is 4. The average molecular weight is 398 g/mol. The number of carbonyl (C=O) groups excluding carboxylic acids is 1. The Bertz CT molecular complexity index is 1200. The van der Waals surface area contributed by atoms with Crippen molar-refractivity contribution in [3.05, 3.63) is 77.4 Å². The van der Waals surface area contributed by atoms with Crippen molar-refractivity contribution < 1.29 is 14.3 Å². The number of benzene rings is 2. The van der Waals surface area contributed by atoms with E-state index in [0.29, 0.717) is 28.3 Å². The van der Waals surface area contributed by atoms with Gasteiger partial charge in [-0.2, -0.15) is 0 Å². The number of aromatic nitrogens is 1. The summed E-state index contributed by atoms with van der Waals surface area (Å²) in [6.45, 7) is 6.42. The summed E-state index contributed by atoms with van der Waals surface area (Å²) in [6, 6.07) is 19.3. The number of aryl methyl sites for hydroxylation is 1. The molecule has 1 atom stereocenters. The maximum absolute atomic E-state index is 11.8. The van der Waals surface area contributed by atoms with Crippen molar-refractivity contribution in [3.63, 3.8) is 0 Å². The normalized spacial score (nSPS) is 12.2. The van der Waals surface area contributed by atoms with Gasteiger partial charge in [0.25, 0.3) is 0 Å². The van der Waals surface area contributed by atoms with E-state index in [4.69, 9.17) is 4.42 Å². The van der Waals surface area contributed by atoms with Crippen LogP contribution >= 0.6 is 0 Å². The SMILES string of the molecule is CCc1ccc2nc(-c3ccc(-c4ccc(C(C)CC)cc4)o3)cc(C(=O)[O-])c2c1. The highest BCUT2D eigenvalue weighted by molar-refractivity contribution is 6.03. The number of carboxylic acids is 1. The van der Waals surface area contributed by atoms with Gasteiger partial charge in [-0.15, -0.1) is 0 Å². The zero-order chi connectivity index (χ0) is 21.3. The Morgan fingerprint density at radius 3 is 2.40 bits per heavy atom. The van der Waals surface area contributed by atoms with Gasteiger partial charge in [0.05, 0.1) is 11.5 Å². The van der Waals surface area contributed by atoms with Gasteiger partial charge in [0, 0.05) is 16.5 Å². The molecule has 4 heteroatoms. The quantitative estimate of drug-likeness (QED) is 0.424. The van der Waals surface area contributed by atoms with Gasteiger partial charge in [0.1, 0.15) is 11.5 Å². The molecule has 2 aromatic heterocycles. The van der Waals surface area contributed by atoms with Crippen LogP contribution in [0.4, 0.5) is 0 Å². The summed E-state index contributed by atoms with van der Waals surface area (Å²) in [5.41, 5.74) is 4.55. The molecule has 0 aliphatic heterocycles. The van der Waals surface area contributed by atoms with Crippen LogP contribution < -0.4 is 5.11 Å². The summed E-state index contributed by atoms with van der Waals surface area (Å²) >= 11 is 0. The van der Waals surface area contributed by atoms with E-state index in [-0.39, 0.29) is 5.56 Å². The minimum absolute atomic E-state index is 0.126. The minimum Gasteiger partial charge on any atom is -0.545 e.